The van der Waals surface area contributed by atoms with Crippen molar-refractivity contribution in [3.8, 4) is 5.75 Å². The first kappa shape index (κ1) is 13.8. The Morgan fingerprint density at radius 1 is 1.47 bits per heavy atom. The SMILES string of the molecule is CCOc1cccc(CNC=O)c1.CS. The highest BCUT2D eigenvalue weighted by Gasteiger charge is 1.94. The van der Waals surface area contributed by atoms with Crippen LogP contribution in [-0.4, -0.2) is 19.3 Å². The summed E-state index contributed by atoms with van der Waals surface area (Å²) in [7, 11) is 0. The number of amides is 1. The summed E-state index contributed by atoms with van der Waals surface area (Å²) in [6.07, 6.45) is 2.38. The number of nitrogens with one attached hydrogen (secondary N) is 1. The molecule has 0 saturated heterocycles. The van der Waals surface area contributed by atoms with Gasteiger partial charge < -0.3 is 10.1 Å². The van der Waals surface area contributed by atoms with Crippen molar-refractivity contribution in [3.63, 3.8) is 0 Å². The van der Waals surface area contributed by atoms with Crippen molar-refractivity contribution in [3.05, 3.63) is 29.8 Å². The first-order valence-corrected chi connectivity index (χ1v) is 5.59. The maximum absolute atomic E-state index is 10.0. The van der Waals surface area contributed by atoms with Gasteiger partial charge in [0, 0.05) is 6.54 Å². The summed E-state index contributed by atoms with van der Waals surface area (Å²) in [6.45, 7) is 3.14. The van der Waals surface area contributed by atoms with Crippen LogP contribution in [0.15, 0.2) is 24.3 Å². The van der Waals surface area contributed by atoms with Crippen LogP contribution in [0.2, 0.25) is 0 Å². The molecule has 0 bridgehead atoms. The molecular weight excluding hydrogens is 210 g/mol. The van der Waals surface area contributed by atoms with Crippen LogP contribution in [0.1, 0.15) is 12.5 Å². The summed E-state index contributed by atoms with van der Waals surface area (Å²) in [5.41, 5.74) is 1.04. The Hall–Kier alpha value is -1.16. The van der Waals surface area contributed by atoms with Crippen LogP contribution in [0.4, 0.5) is 0 Å². The molecule has 3 nitrogen and oxygen atoms in total. The average molecular weight is 227 g/mol. The predicted molar refractivity (Wildman–Crippen MR) is 65.4 cm³/mol. The van der Waals surface area contributed by atoms with E-state index in [-0.39, 0.29) is 0 Å². The van der Waals surface area contributed by atoms with E-state index in [0.29, 0.717) is 19.6 Å². The van der Waals surface area contributed by atoms with Gasteiger partial charge in [0.1, 0.15) is 5.75 Å². The Bertz CT molecular complexity index is 279. The van der Waals surface area contributed by atoms with E-state index in [1.54, 1.807) is 6.26 Å². The largest absolute Gasteiger partial charge is 0.494 e. The molecule has 15 heavy (non-hydrogen) atoms. The molecular formula is C11H17NO2S. The lowest BCUT2D eigenvalue weighted by atomic mass is 10.2. The molecule has 1 N–H and O–H groups in total. The van der Waals surface area contributed by atoms with E-state index in [2.05, 4.69) is 17.9 Å². The van der Waals surface area contributed by atoms with Gasteiger partial charge in [-0.05, 0) is 30.9 Å². The maximum atomic E-state index is 10.0. The minimum Gasteiger partial charge on any atom is -0.494 e. The van der Waals surface area contributed by atoms with Crippen LogP contribution < -0.4 is 10.1 Å². The van der Waals surface area contributed by atoms with Crippen LogP contribution in [-0.2, 0) is 11.3 Å². The molecule has 0 atom stereocenters. The Labute approximate surface area is 96.2 Å². The highest BCUT2D eigenvalue weighted by Crippen LogP contribution is 2.12. The fraction of sp³-hybridized carbons (Fsp3) is 0.364. The second-order valence-corrected chi connectivity index (χ2v) is 2.58. The molecule has 0 aliphatic heterocycles. The van der Waals surface area contributed by atoms with Crippen LogP contribution in [0.3, 0.4) is 0 Å². The number of ether oxygens (including phenoxy) is 1. The molecule has 1 rings (SSSR count). The molecule has 1 aromatic carbocycles. The fourth-order valence-corrected chi connectivity index (χ4v) is 1.07. The fourth-order valence-electron chi connectivity index (χ4n) is 1.07. The molecule has 84 valence electrons. The number of hydrogen-bond donors (Lipinski definition) is 2. The molecule has 0 heterocycles. The molecule has 1 amide bonds. The zero-order valence-electron chi connectivity index (χ0n) is 9.06. The van der Waals surface area contributed by atoms with Gasteiger partial charge in [0.15, 0.2) is 0 Å². The first-order valence-electron chi connectivity index (χ1n) is 4.70. The van der Waals surface area contributed by atoms with E-state index in [4.69, 9.17) is 4.74 Å². The Balaban J connectivity index is 0.000000921. The first-order chi connectivity index (χ1) is 7.36. The van der Waals surface area contributed by atoms with Crippen molar-refractivity contribution < 1.29 is 9.53 Å². The molecule has 1 aromatic rings. The number of rotatable bonds is 5. The summed E-state index contributed by atoms with van der Waals surface area (Å²) in [6, 6.07) is 7.67. The third kappa shape index (κ3) is 6.01. The topological polar surface area (TPSA) is 38.3 Å². The number of thiol groups is 1. The lowest BCUT2D eigenvalue weighted by molar-refractivity contribution is -0.109. The van der Waals surface area contributed by atoms with E-state index >= 15 is 0 Å². The Morgan fingerprint density at radius 2 is 2.20 bits per heavy atom. The van der Waals surface area contributed by atoms with Crippen molar-refractivity contribution in [2.45, 2.75) is 13.5 Å². The lowest BCUT2D eigenvalue weighted by Gasteiger charge is -2.04. The van der Waals surface area contributed by atoms with Crippen molar-refractivity contribution in [1.82, 2.24) is 5.32 Å². The quantitative estimate of drug-likeness (QED) is 0.595. The van der Waals surface area contributed by atoms with Gasteiger partial charge in [-0.2, -0.15) is 12.6 Å². The summed E-state index contributed by atoms with van der Waals surface area (Å²) in [4.78, 5) is 10.0. The van der Waals surface area contributed by atoms with Gasteiger partial charge in [-0.25, -0.2) is 0 Å². The molecule has 0 aliphatic rings. The van der Waals surface area contributed by atoms with Crippen LogP contribution in [0.25, 0.3) is 0 Å². The van der Waals surface area contributed by atoms with Gasteiger partial charge in [-0.3, -0.25) is 4.79 Å². The van der Waals surface area contributed by atoms with Gasteiger partial charge >= 0.3 is 0 Å². The molecule has 0 spiro atoms. The number of benzene rings is 1. The van der Waals surface area contributed by atoms with Gasteiger partial charge in [0.2, 0.25) is 6.41 Å². The van der Waals surface area contributed by atoms with Crippen LogP contribution >= 0.6 is 12.6 Å². The van der Waals surface area contributed by atoms with E-state index in [9.17, 15) is 4.79 Å². The minimum absolute atomic E-state index is 0.546. The summed E-state index contributed by atoms with van der Waals surface area (Å²) in [5, 5.41) is 2.60. The Kier molecular flexibility index (Phi) is 8.67. The van der Waals surface area contributed by atoms with E-state index in [1.165, 1.54) is 0 Å². The van der Waals surface area contributed by atoms with E-state index < -0.39 is 0 Å². The number of carbonyl (C=O) groups is 1. The van der Waals surface area contributed by atoms with Crippen LogP contribution in [0, 0.1) is 0 Å². The second kappa shape index (κ2) is 9.40. The Morgan fingerprint density at radius 3 is 2.80 bits per heavy atom. The predicted octanol–water partition coefficient (Wildman–Crippen LogP) is 1.88. The molecule has 0 aliphatic carbocycles. The van der Waals surface area contributed by atoms with Crippen molar-refractivity contribution in [2.75, 3.05) is 12.9 Å². The van der Waals surface area contributed by atoms with Gasteiger partial charge in [0.25, 0.3) is 0 Å². The molecule has 0 saturated carbocycles. The molecule has 0 unspecified atom stereocenters. The maximum Gasteiger partial charge on any atom is 0.207 e. The molecule has 4 heteroatoms. The second-order valence-electron chi connectivity index (χ2n) is 2.58. The standard InChI is InChI=1S/C10H13NO2.CH4S/c1-2-13-10-5-3-4-9(6-10)7-11-8-12;1-2/h3-6,8H,2,7H2,1H3,(H,11,12);2H,1H3. The zero-order chi connectivity index (χ0) is 11.5. The highest BCUT2D eigenvalue weighted by atomic mass is 32.1. The molecule has 0 fully saturated rings. The smallest absolute Gasteiger partial charge is 0.207 e. The highest BCUT2D eigenvalue weighted by molar-refractivity contribution is 7.79. The number of carbonyl (C=O) groups excluding carboxylic acids is 1. The summed E-state index contributed by atoms with van der Waals surface area (Å²) in [5.74, 6) is 0.840. The van der Waals surface area contributed by atoms with Crippen LogP contribution in [0.5, 0.6) is 5.75 Å². The van der Waals surface area contributed by atoms with Crippen molar-refractivity contribution in [1.29, 1.82) is 0 Å². The monoisotopic (exact) mass is 227 g/mol. The third-order valence-corrected chi connectivity index (χ3v) is 1.60. The third-order valence-electron chi connectivity index (χ3n) is 1.60. The van der Waals surface area contributed by atoms with Gasteiger partial charge in [0.05, 0.1) is 6.61 Å². The number of hydrogen-bond acceptors (Lipinski definition) is 3. The average Bonchev–Trinajstić information content (AvgIpc) is 2.30. The summed E-state index contributed by atoms with van der Waals surface area (Å²) < 4.78 is 5.31. The molecule has 0 aromatic heterocycles. The van der Waals surface area contributed by atoms with Gasteiger partial charge in [-0.15, -0.1) is 0 Å². The lowest BCUT2D eigenvalue weighted by Crippen LogP contribution is -2.09. The van der Waals surface area contributed by atoms with Crippen molar-refractivity contribution >= 4 is 19.0 Å². The van der Waals surface area contributed by atoms with Crippen molar-refractivity contribution in [2.24, 2.45) is 0 Å². The molecule has 0 radical (unpaired) electrons. The van der Waals surface area contributed by atoms with E-state index in [0.717, 1.165) is 11.3 Å². The summed E-state index contributed by atoms with van der Waals surface area (Å²) >= 11 is 3.53. The normalized spacial score (nSPS) is 8.47. The minimum atomic E-state index is 0.546. The zero-order valence-corrected chi connectivity index (χ0v) is 9.96. The van der Waals surface area contributed by atoms with Gasteiger partial charge in [-0.1, -0.05) is 12.1 Å². The van der Waals surface area contributed by atoms with E-state index in [1.807, 2.05) is 31.2 Å².